The van der Waals surface area contributed by atoms with Gasteiger partial charge in [-0.25, -0.2) is 0 Å². The molecule has 0 aliphatic rings. The van der Waals surface area contributed by atoms with E-state index in [-0.39, 0.29) is 0 Å². The number of oxime groups is 1. The molecule has 0 spiro atoms. The molecule has 0 aromatic heterocycles. The Balaban J connectivity index is 0.00000112. The van der Waals surface area contributed by atoms with Gasteiger partial charge in [0.25, 0.3) is 0 Å². The minimum atomic E-state index is 0.571. The van der Waals surface area contributed by atoms with E-state index in [4.69, 9.17) is 0 Å². The fraction of sp³-hybridized carbons (Fsp3) is 0.286. The normalized spacial score (nSPS) is 10.9. The van der Waals surface area contributed by atoms with Crippen LogP contribution in [0.2, 0.25) is 0 Å². The Morgan fingerprint density at radius 1 is 0.826 bits per heavy atom. The van der Waals surface area contributed by atoms with E-state index in [1.807, 2.05) is 102 Å². The van der Waals surface area contributed by atoms with Crippen molar-refractivity contribution in [3.63, 3.8) is 0 Å². The molecular formula is C21H29NO. The zero-order chi connectivity index (χ0) is 17.7. The predicted octanol–water partition coefficient (Wildman–Crippen LogP) is 6.33. The molecule has 0 saturated carbocycles. The average Bonchev–Trinajstić information content (AvgIpc) is 2.64. The number of benzene rings is 2. The van der Waals surface area contributed by atoms with Crippen molar-refractivity contribution in [2.24, 2.45) is 5.16 Å². The van der Waals surface area contributed by atoms with Gasteiger partial charge in [0, 0.05) is 5.56 Å². The standard InChI is InChI=1S/C17H17NO.2C2H6/c1-13-8-10-16(11-9-13)17(18-19)12-14(2)15-6-4-3-5-7-15;2*1-2/h3-12,19H,1-2H3;2*1-2H3/b14-12-,18-17?;;. The van der Waals surface area contributed by atoms with Crippen LogP contribution >= 0.6 is 0 Å². The highest BCUT2D eigenvalue weighted by molar-refractivity contribution is 6.11. The van der Waals surface area contributed by atoms with Gasteiger partial charge in [-0.2, -0.15) is 0 Å². The Hall–Kier alpha value is -2.35. The van der Waals surface area contributed by atoms with E-state index in [1.54, 1.807) is 0 Å². The molecule has 0 aliphatic heterocycles. The van der Waals surface area contributed by atoms with E-state index in [0.717, 1.165) is 16.7 Å². The summed E-state index contributed by atoms with van der Waals surface area (Å²) in [7, 11) is 0. The summed E-state index contributed by atoms with van der Waals surface area (Å²) in [5.74, 6) is 0. The lowest BCUT2D eigenvalue weighted by Crippen LogP contribution is -1.98. The highest BCUT2D eigenvalue weighted by Gasteiger charge is 2.03. The maximum absolute atomic E-state index is 9.19. The van der Waals surface area contributed by atoms with Crippen molar-refractivity contribution in [3.05, 3.63) is 77.4 Å². The summed E-state index contributed by atoms with van der Waals surface area (Å²) in [6.45, 7) is 12.0. The lowest BCUT2D eigenvalue weighted by molar-refractivity contribution is 0.320. The lowest BCUT2D eigenvalue weighted by atomic mass is 10.0. The number of hydrogen-bond acceptors (Lipinski definition) is 2. The van der Waals surface area contributed by atoms with Crippen molar-refractivity contribution in [1.82, 2.24) is 0 Å². The van der Waals surface area contributed by atoms with Crippen molar-refractivity contribution in [2.75, 3.05) is 0 Å². The first kappa shape index (κ1) is 20.7. The van der Waals surface area contributed by atoms with Gasteiger partial charge in [0.1, 0.15) is 5.71 Å². The molecular weight excluding hydrogens is 282 g/mol. The fourth-order valence-electron chi connectivity index (χ4n) is 1.88. The third-order valence-electron chi connectivity index (χ3n) is 3.04. The summed E-state index contributed by atoms with van der Waals surface area (Å²) in [6, 6.07) is 18.0. The second-order valence-electron chi connectivity index (χ2n) is 4.54. The molecule has 124 valence electrons. The van der Waals surface area contributed by atoms with E-state index in [0.29, 0.717) is 5.71 Å². The molecule has 2 aromatic carbocycles. The third-order valence-corrected chi connectivity index (χ3v) is 3.04. The Bertz CT molecular complexity index is 595. The van der Waals surface area contributed by atoms with Crippen molar-refractivity contribution >= 4 is 11.3 Å². The van der Waals surface area contributed by atoms with Crippen LogP contribution in [0.4, 0.5) is 0 Å². The van der Waals surface area contributed by atoms with Gasteiger partial charge in [0.05, 0.1) is 0 Å². The summed E-state index contributed by atoms with van der Waals surface area (Å²) in [6.07, 6.45) is 1.89. The minimum absolute atomic E-state index is 0.571. The maximum atomic E-state index is 9.19. The second-order valence-corrected chi connectivity index (χ2v) is 4.54. The molecule has 0 aliphatic carbocycles. The zero-order valence-electron chi connectivity index (χ0n) is 15.2. The van der Waals surface area contributed by atoms with Gasteiger partial charge in [-0.3, -0.25) is 0 Å². The van der Waals surface area contributed by atoms with Crippen LogP contribution in [0, 0.1) is 6.92 Å². The van der Waals surface area contributed by atoms with Crippen LogP contribution < -0.4 is 0 Å². The van der Waals surface area contributed by atoms with Crippen molar-refractivity contribution in [3.8, 4) is 0 Å². The lowest BCUT2D eigenvalue weighted by Gasteiger charge is -2.04. The summed E-state index contributed by atoms with van der Waals surface area (Å²) in [5.41, 5.74) is 4.85. The quantitative estimate of drug-likeness (QED) is 0.401. The van der Waals surface area contributed by atoms with Crippen LogP contribution in [-0.4, -0.2) is 10.9 Å². The van der Waals surface area contributed by atoms with E-state index < -0.39 is 0 Å². The SMILES string of the molecule is C/C(=C/C(=NO)c1ccc(C)cc1)c1ccccc1.CC.CC. The van der Waals surface area contributed by atoms with E-state index in [2.05, 4.69) is 5.16 Å². The van der Waals surface area contributed by atoms with Gasteiger partial charge in [0.15, 0.2) is 0 Å². The van der Waals surface area contributed by atoms with Gasteiger partial charge < -0.3 is 5.21 Å². The Morgan fingerprint density at radius 2 is 1.35 bits per heavy atom. The van der Waals surface area contributed by atoms with Crippen LogP contribution in [0.5, 0.6) is 0 Å². The van der Waals surface area contributed by atoms with E-state index in [1.165, 1.54) is 5.56 Å². The first-order valence-corrected chi connectivity index (χ1v) is 8.23. The molecule has 2 rings (SSSR count). The molecule has 23 heavy (non-hydrogen) atoms. The Labute approximate surface area is 141 Å². The molecule has 0 amide bonds. The van der Waals surface area contributed by atoms with Gasteiger partial charge in [0.2, 0.25) is 0 Å². The molecule has 0 saturated heterocycles. The minimum Gasteiger partial charge on any atom is -0.410 e. The van der Waals surface area contributed by atoms with Crippen molar-refractivity contribution < 1.29 is 5.21 Å². The molecule has 0 radical (unpaired) electrons. The maximum Gasteiger partial charge on any atom is 0.110 e. The van der Waals surface area contributed by atoms with Gasteiger partial charge in [-0.05, 0) is 31.1 Å². The summed E-state index contributed by atoms with van der Waals surface area (Å²) < 4.78 is 0. The van der Waals surface area contributed by atoms with Gasteiger partial charge in [-0.1, -0.05) is 93.0 Å². The molecule has 0 fully saturated rings. The first-order chi connectivity index (χ1) is 11.2. The van der Waals surface area contributed by atoms with Crippen LogP contribution in [0.15, 0.2) is 65.8 Å². The van der Waals surface area contributed by atoms with Crippen molar-refractivity contribution in [2.45, 2.75) is 41.5 Å². The fourth-order valence-corrected chi connectivity index (χ4v) is 1.88. The first-order valence-electron chi connectivity index (χ1n) is 8.23. The van der Waals surface area contributed by atoms with E-state index in [9.17, 15) is 5.21 Å². The number of nitrogens with zero attached hydrogens (tertiary/aromatic N) is 1. The molecule has 0 atom stereocenters. The molecule has 0 bridgehead atoms. The number of allylic oxidation sites excluding steroid dienone is 2. The highest BCUT2D eigenvalue weighted by Crippen LogP contribution is 2.15. The zero-order valence-corrected chi connectivity index (χ0v) is 15.2. The van der Waals surface area contributed by atoms with E-state index >= 15 is 0 Å². The topological polar surface area (TPSA) is 32.6 Å². The van der Waals surface area contributed by atoms with Crippen LogP contribution in [0.3, 0.4) is 0 Å². The smallest absolute Gasteiger partial charge is 0.110 e. The Morgan fingerprint density at radius 3 is 1.83 bits per heavy atom. The predicted molar refractivity (Wildman–Crippen MR) is 102 cm³/mol. The van der Waals surface area contributed by atoms with Crippen LogP contribution in [0.25, 0.3) is 5.57 Å². The summed E-state index contributed by atoms with van der Waals surface area (Å²) in [5, 5.41) is 12.6. The molecule has 0 unspecified atom stereocenters. The third kappa shape index (κ3) is 6.96. The van der Waals surface area contributed by atoms with Crippen LogP contribution in [-0.2, 0) is 0 Å². The average molecular weight is 311 g/mol. The van der Waals surface area contributed by atoms with Crippen LogP contribution in [0.1, 0.15) is 51.3 Å². The molecule has 2 heteroatoms. The highest BCUT2D eigenvalue weighted by atomic mass is 16.4. The monoisotopic (exact) mass is 311 g/mol. The van der Waals surface area contributed by atoms with Gasteiger partial charge >= 0.3 is 0 Å². The summed E-state index contributed by atoms with van der Waals surface area (Å²) >= 11 is 0. The van der Waals surface area contributed by atoms with Gasteiger partial charge in [-0.15, -0.1) is 0 Å². The molecule has 2 aromatic rings. The number of rotatable bonds is 3. The molecule has 1 N–H and O–H groups in total. The number of aryl methyl sites for hydroxylation is 1. The molecule has 2 nitrogen and oxygen atoms in total. The molecule has 0 heterocycles. The number of hydrogen-bond donors (Lipinski definition) is 1. The largest absolute Gasteiger partial charge is 0.410 e. The summed E-state index contributed by atoms with van der Waals surface area (Å²) in [4.78, 5) is 0. The second kappa shape index (κ2) is 12.2. The Kier molecular flexibility index (Phi) is 11.0. The van der Waals surface area contributed by atoms with Crippen molar-refractivity contribution in [1.29, 1.82) is 0 Å².